The third-order valence-electron chi connectivity index (χ3n) is 11.9. The van der Waals surface area contributed by atoms with Gasteiger partial charge in [0.2, 0.25) is 34.1 Å². The summed E-state index contributed by atoms with van der Waals surface area (Å²) in [5, 5.41) is 17.6. The molecule has 4 N–H and O–H groups in total. The molecule has 3 amide bonds. The van der Waals surface area contributed by atoms with Gasteiger partial charge in [-0.1, -0.05) is 32.4 Å². The van der Waals surface area contributed by atoms with Crippen molar-refractivity contribution in [1.29, 1.82) is 0 Å². The van der Waals surface area contributed by atoms with Crippen LogP contribution in [0.15, 0.2) is 42.6 Å². The number of halogens is 3. The van der Waals surface area contributed by atoms with Crippen molar-refractivity contribution in [3.05, 3.63) is 42.6 Å². The van der Waals surface area contributed by atoms with Crippen molar-refractivity contribution in [2.45, 2.75) is 126 Å². The Hall–Kier alpha value is -4.00. The fraction of sp³-hybridized carbons (Fsp3) is 0.641. The fourth-order valence-electron chi connectivity index (χ4n) is 7.81. The average molecular weight is 824 g/mol. The summed E-state index contributed by atoms with van der Waals surface area (Å²) >= 11 is 0. The lowest BCUT2D eigenvalue weighted by atomic mass is 9.85. The number of carbonyl (C=O) groups is 3. The van der Waals surface area contributed by atoms with E-state index >= 15 is 0 Å². The number of methoxy groups -OCH3 is 1. The van der Waals surface area contributed by atoms with E-state index in [-0.39, 0.29) is 31.2 Å². The lowest BCUT2D eigenvalue weighted by Gasteiger charge is -2.35. The number of pyridine rings is 1. The number of fused-ring (bicyclic) bond motifs is 3. The summed E-state index contributed by atoms with van der Waals surface area (Å²) in [7, 11) is -2.53. The molecule has 0 spiro atoms. The van der Waals surface area contributed by atoms with Crippen LogP contribution in [0.1, 0.15) is 79.1 Å². The van der Waals surface area contributed by atoms with Crippen LogP contribution in [0.2, 0.25) is 0 Å². The second kappa shape index (κ2) is 16.3. The summed E-state index contributed by atoms with van der Waals surface area (Å²) in [6.45, 7) is 5.92. The molecule has 2 saturated carbocycles. The van der Waals surface area contributed by atoms with E-state index in [2.05, 4.69) is 20.3 Å². The normalized spacial score (nSPS) is 30.8. The molecule has 1 saturated heterocycles. The number of alkyl halides is 3. The van der Waals surface area contributed by atoms with Gasteiger partial charge in [0, 0.05) is 23.9 Å². The van der Waals surface area contributed by atoms with Crippen LogP contribution in [0.25, 0.3) is 10.8 Å². The van der Waals surface area contributed by atoms with Crippen molar-refractivity contribution in [3.63, 3.8) is 0 Å². The van der Waals surface area contributed by atoms with Gasteiger partial charge in [0.25, 0.3) is 5.91 Å². The maximum Gasteiger partial charge on any atom is 0.414 e. The number of nitrogens with zero attached hydrogens (tertiary/aromatic N) is 2. The van der Waals surface area contributed by atoms with E-state index in [1.807, 2.05) is 19.9 Å². The average Bonchev–Trinajstić information content (AvgIpc) is 4.03. The molecule has 2 aliphatic heterocycles. The zero-order chi connectivity index (χ0) is 41.5. The monoisotopic (exact) mass is 823 g/mol. The number of allylic oxidation sites excluding steroid dienone is 1. The SMILES string of the molecule is CC[C@@H]1C[C@H](C)CC/C=C\[C@@H]2C[C@@]2(C(=O)NS(=O)(=O)C2(C)CC2)NC(=O)[C@@H]2C[C@@H](Oc3nccc4cc(OC)ccc34)CN2C(=O)[C@H]1NC(O)O[C@H](C)C(F)(F)F. The number of aromatic nitrogens is 1. The molecule has 6 rings (SSSR count). The summed E-state index contributed by atoms with van der Waals surface area (Å²) in [5.74, 6) is -2.53. The molecule has 3 fully saturated rings. The summed E-state index contributed by atoms with van der Waals surface area (Å²) in [6, 6.07) is 4.48. The standard InChI is InChI=1S/C39H52F3N5O9S/c1-6-24-17-22(2)9-7-8-10-26-20-38(26,35(50)46-57(52,53)37(4)14-15-37)45-32(48)30-19-28(56-33-29-12-11-27(54-5)18-25(29)13-16-43-33)21-47(30)34(49)31(24)44-36(51)55-23(3)39(40,41)42/h8,10-13,16,18,22-24,26,28,30-31,36,44,51H,6-7,9,14-15,17,19-21H2,1-5H3,(H,45,48)(H,46,50)/b10-8-/t22-,23-,24-,26-,28-,30+,31+,36?,38-/m1/s1. The third kappa shape index (κ3) is 9.18. The highest BCUT2D eigenvalue weighted by Crippen LogP contribution is 2.47. The lowest BCUT2D eigenvalue weighted by Crippen LogP contribution is -2.60. The maximum absolute atomic E-state index is 14.8. The number of amides is 3. The van der Waals surface area contributed by atoms with Gasteiger partial charge < -0.3 is 29.5 Å². The molecule has 18 heteroatoms. The quantitative estimate of drug-likeness (QED) is 0.189. The molecule has 0 bridgehead atoms. The van der Waals surface area contributed by atoms with Gasteiger partial charge in [-0.25, -0.2) is 13.4 Å². The van der Waals surface area contributed by atoms with Gasteiger partial charge in [0.05, 0.1) is 24.4 Å². The van der Waals surface area contributed by atoms with E-state index in [1.54, 1.807) is 43.5 Å². The van der Waals surface area contributed by atoms with E-state index in [1.165, 1.54) is 12.0 Å². The van der Waals surface area contributed by atoms with Crippen molar-refractivity contribution in [2.24, 2.45) is 17.8 Å². The van der Waals surface area contributed by atoms with Crippen molar-refractivity contribution >= 4 is 38.5 Å². The highest BCUT2D eigenvalue weighted by atomic mass is 32.2. The zero-order valence-corrected chi connectivity index (χ0v) is 33.5. The van der Waals surface area contributed by atoms with Crippen molar-refractivity contribution in [3.8, 4) is 11.6 Å². The van der Waals surface area contributed by atoms with E-state index in [0.717, 1.165) is 12.3 Å². The van der Waals surface area contributed by atoms with Gasteiger partial charge >= 0.3 is 6.18 Å². The molecule has 2 aromatic rings. The molecule has 4 aliphatic rings. The first-order valence-electron chi connectivity index (χ1n) is 19.4. The molecule has 1 aromatic heterocycles. The molecule has 314 valence electrons. The molecule has 57 heavy (non-hydrogen) atoms. The van der Waals surface area contributed by atoms with E-state index in [4.69, 9.17) is 14.2 Å². The summed E-state index contributed by atoms with van der Waals surface area (Å²) < 4.78 is 84.4. The van der Waals surface area contributed by atoms with E-state index in [9.17, 15) is 41.1 Å². The Morgan fingerprint density at radius 3 is 2.60 bits per heavy atom. The molecule has 1 aromatic carbocycles. The zero-order valence-electron chi connectivity index (χ0n) is 32.7. The van der Waals surface area contributed by atoms with Crippen LogP contribution >= 0.6 is 0 Å². The predicted molar refractivity (Wildman–Crippen MR) is 202 cm³/mol. The van der Waals surface area contributed by atoms with Crippen LogP contribution in [0.4, 0.5) is 13.2 Å². The van der Waals surface area contributed by atoms with Crippen molar-refractivity contribution in [1.82, 2.24) is 25.2 Å². The predicted octanol–water partition coefficient (Wildman–Crippen LogP) is 4.07. The molecular weight excluding hydrogens is 772 g/mol. The Morgan fingerprint density at radius 1 is 1.19 bits per heavy atom. The van der Waals surface area contributed by atoms with Gasteiger partial charge in [0.1, 0.15) is 23.4 Å². The highest BCUT2D eigenvalue weighted by Gasteiger charge is 2.63. The van der Waals surface area contributed by atoms with Crippen LogP contribution in [0, 0.1) is 17.8 Å². The van der Waals surface area contributed by atoms with Crippen LogP contribution in [-0.4, -0.2) is 102 Å². The Labute approximate surface area is 330 Å². The number of aliphatic hydroxyl groups is 1. The number of ether oxygens (including phenoxy) is 3. The highest BCUT2D eigenvalue weighted by molar-refractivity contribution is 7.91. The second-order valence-corrected chi connectivity index (χ2v) is 18.4. The molecule has 3 heterocycles. The summed E-state index contributed by atoms with van der Waals surface area (Å²) in [6.07, 6.45) is -2.08. The Bertz CT molecular complexity index is 1980. The van der Waals surface area contributed by atoms with Gasteiger partial charge in [-0.3, -0.25) is 24.4 Å². The van der Waals surface area contributed by atoms with Crippen LogP contribution < -0.4 is 24.8 Å². The number of sulfonamides is 1. The van der Waals surface area contributed by atoms with Crippen LogP contribution in [-0.2, 0) is 29.1 Å². The van der Waals surface area contributed by atoms with Crippen molar-refractivity contribution < 1.29 is 55.3 Å². The van der Waals surface area contributed by atoms with Gasteiger partial charge in [0.15, 0.2) is 6.10 Å². The minimum absolute atomic E-state index is 0.00643. The number of hydrogen-bond acceptors (Lipinski definition) is 11. The van der Waals surface area contributed by atoms with Crippen LogP contribution in [0.3, 0.4) is 0 Å². The summed E-state index contributed by atoms with van der Waals surface area (Å²) in [5.41, 5.74) is -1.62. The number of carbonyl (C=O) groups excluding carboxylic acids is 3. The number of rotatable bonds is 11. The smallest absolute Gasteiger partial charge is 0.414 e. The minimum atomic E-state index is -4.79. The lowest BCUT2D eigenvalue weighted by molar-refractivity contribution is -0.264. The summed E-state index contributed by atoms with van der Waals surface area (Å²) in [4.78, 5) is 48.9. The minimum Gasteiger partial charge on any atom is -0.497 e. The van der Waals surface area contributed by atoms with Gasteiger partial charge in [-0.2, -0.15) is 13.2 Å². The fourth-order valence-corrected chi connectivity index (χ4v) is 9.13. The topological polar surface area (TPSA) is 185 Å². The van der Waals surface area contributed by atoms with Gasteiger partial charge in [-0.05, 0) is 93.9 Å². The number of benzene rings is 1. The van der Waals surface area contributed by atoms with E-state index < -0.39 is 86.7 Å². The van der Waals surface area contributed by atoms with Crippen molar-refractivity contribution in [2.75, 3.05) is 13.7 Å². The maximum atomic E-state index is 14.8. The first-order valence-corrected chi connectivity index (χ1v) is 20.9. The third-order valence-corrected chi connectivity index (χ3v) is 14.1. The van der Waals surface area contributed by atoms with Crippen LogP contribution in [0.5, 0.6) is 11.6 Å². The molecule has 9 atom stereocenters. The number of aliphatic hydroxyl groups excluding tert-OH is 1. The Kier molecular flexibility index (Phi) is 12.2. The second-order valence-electron chi connectivity index (χ2n) is 16.2. The molecule has 0 radical (unpaired) electrons. The number of nitrogens with one attached hydrogen (secondary N) is 3. The molecule has 2 aliphatic carbocycles. The first-order chi connectivity index (χ1) is 26.8. The molecule has 1 unspecified atom stereocenters. The largest absolute Gasteiger partial charge is 0.497 e. The van der Waals surface area contributed by atoms with Gasteiger partial charge in [-0.15, -0.1) is 0 Å². The first kappa shape index (κ1) is 42.6. The van der Waals surface area contributed by atoms with E-state index in [0.29, 0.717) is 49.7 Å². The number of hydrogen-bond donors (Lipinski definition) is 4. The Balaban J connectivity index is 1.36. The Morgan fingerprint density at radius 2 is 1.93 bits per heavy atom. The molecule has 14 nitrogen and oxygen atoms in total. The molecular formula is C39H52F3N5O9S.